The number of benzene rings is 2. The monoisotopic (exact) mass is 351 g/mol. The van der Waals surface area contributed by atoms with Crippen molar-refractivity contribution in [2.75, 3.05) is 13.6 Å². The Kier molecular flexibility index (Phi) is 5.69. The zero-order valence-corrected chi connectivity index (χ0v) is 14.2. The fourth-order valence-electron chi connectivity index (χ4n) is 2.08. The van der Waals surface area contributed by atoms with Crippen LogP contribution >= 0.6 is 0 Å². The molecule has 0 aromatic heterocycles. The van der Waals surface area contributed by atoms with Crippen molar-refractivity contribution in [2.45, 2.75) is 17.9 Å². The highest BCUT2D eigenvalue weighted by Crippen LogP contribution is 2.18. The van der Waals surface area contributed by atoms with Crippen molar-refractivity contribution in [1.82, 2.24) is 4.31 Å². The van der Waals surface area contributed by atoms with E-state index >= 15 is 0 Å². The van der Waals surface area contributed by atoms with Gasteiger partial charge < -0.3 is 4.74 Å². The van der Waals surface area contributed by atoms with Crippen LogP contribution in [0, 0.1) is 5.82 Å². The molecule has 0 heterocycles. The molecule has 5 nitrogen and oxygen atoms in total. The largest absolute Gasteiger partial charge is 0.457 e. The molecule has 0 bridgehead atoms. The first-order chi connectivity index (χ1) is 11.3. The summed E-state index contributed by atoms with van der Waals surface area (Å²) in [6.07, 6.45) is -0.486. The second-order valence-corrected chi connectivity index (χ2v) is 7.30. The number of nitrogens with zero attached hydrogens (tertiary/aromatic N) is 1. The SMILES string of the molecule is C[C@@H](OC(=O)CN(C)S(=O)(=O)c1ccc(F)cc1)c1ccccc1. The van der Waals surface area contributed by atoms with E-state index in [9.17, 15) is 17.6 Å². The van der Waals surface area contributed by atoms with E-state index in [0.717, 1.165) is 34.1 Å². The van der Waals surface area contributed by atoms with Gasteiger partial charge >= 0.3 is 5.97 Å². The Morgan fingerprint density at radius 3 is 2.29 bits per heavy atom. The lowest BCUT2D eigenvalue weighted by Crippen LogP contribution is -2.33. The maximum Gasteiger partial charge on any atom is 0.321 e. The van der Waals surface area contributed by atoms with Gasteiger partial charge in [0, 0.05) is 7.05 Å². The van der Waals surface area contributed by atoms with E-state index in [1.54, 1.807) is 6.92 Å². The predicted molar refractivity (Wildman–Crippen MR) is 87.2 cm³/mol. The Balaban J connectivity index is 2.01. The van der Waals surface area contributed by atoms with Crippen molar-refractivity contribution in [1.29, 1.82) is 0 Å². The first kappa shape index (κ1) is 18.1. The van der Waals surface area contributed by atoms with Gasteiger partial charge in [-0.3, -0.25) is 4.79 Å². The topological polar surface area (TPSA) is 63.7 Å². The summed E-state index contributed by atoms with van der Waals surface area (Å²) in [5.41, 5.74) is 0.815. The van der Waals surface area contributed by atoms with Crippen LogP contribution in [0.3, 0.4) is 0 Å². The van der Waals surface area contributed by atoms with E-state index in [-0.39, 0.29) is 4.90 Å². The van der Waals surface area contributed by atoms with Gasteiger partial charge in [0.25, 0.3) is 0 Å². The third kappa shape index (κ3) is 4.39. The number of hydrogen-bond acceptors (Lipinski definition) is 4. The molecule has 0 aliphatic heterocycles. The van der Waals surface area contributed by atoms with Gasteiger partial charge in [0.2, 0.25) is 10.0 Å². The molecule has 2 aromatic rings. The summed E-state index contributed by atoms with van der Waals surface area (Å²) in [6.45, 7) is 1.28. The van der Waals surface area contributed by atoms with Gasteiger partial charge in [0.05, 0.1) is 4.90 Å². The Morgan fingerprint density at radius 2 is 1.71 bits per heavy atom. The lowest BCUT2D eigenvalue weighted by molar-refractivity contribution is -0.148. The van der Waals surface area contributed by atoms with Crippen molar-refractivity contribution in [3.05, 3.63) is 66.0 Å². The quantitative estimate of drug-likeness (QED) is 0.751. The summed E-state index contributed by atoms with van der Waals surface area (Å²) in [4.78, 5) is 11.9. The van der Waals surface area contributed by atoms with Gasteiger partial charge in [-0.15, -0.1) is 0 Å². The zero-order chi connectivity index (χ0) is 17.7. The lowest BCUT2D eigenvalue weighted by Gasteiger charge is -2.19. The van der Waals surface area contributed by atoms with E-state index in [4.69, 9.17) is 4.74 Å². The van der Waals surface area contributed by atoms with Crippen molar-refractivity contribution >= 4 is 16.0 Å². The van der Waals surface area contributed by atoms with Crippen LogP contribution < -0.4 is 0 Å². The summed E-state index contributed by atoms with van der Waals surface area (Å²) in [5.74, 6) is -1.20. The zero-order valence-electron chi connectivity index (χ0n) is 13.3. The molecule has 0 aliphatic carbocycles. The Morgan fingerprint density at radius 1 is 1.12 bits per heavy atom. The molecule has 2 rings (SSSR count). The second kappa shape index (κ2) is 7.55. The van der Waals surface area contributed by atoms with Crippen LogP contribution in [0.25, 0.3) is 0 Å². The van der Waals surface area contributed by atoms with Crippen molar-refractivity contribution in [3.8, 4) is 0 Å². The maximum absolute atomic E-state index is 12.9. The number of likely N-dealkylation sites (N-methyl/N-ethyl adjacent to an activating group) is 1. The van der Waals surface area contributed by atoms with Crippen LogP contribution in [-0.2, 0) is 19.6 Å². The minimum Gasteiger partial charge on any atom is -0.457 e. The average Bonchev–Trinajstić information content (AvgIpc) is 2.55. The van der Waals surface area contributed by atoms with Gasteiger partial charge in [0.1, 0.15) is 18.5 Å². The molecule has 24 heavy (non-hydrogen) atoms. The summed E-state index contributed by atoms with van der Waals surface area (Å²) >= 11 is 0. The number of halogens is 1. The first-order valence-corrected chi connectivity index (χ1v) is 8.71. The van der Waals surface area contributed by atoms with E-state index in [0.29, 0.717) is 0 Å². The normalized spacial score (nSPS) is 12.8. The number of rotatable bonds is 6. The summed E-state index contributed by atoms with van der Waals surface area (Å²) in [5, 5.41) is 0. The highest BCUT2D eigenvalue weighted by molar-refractivity contribution is 7.89. The van der Waals surface area contributed by atoms with Crippen molar-refractivity contribution < 1.29 is 22.3 Å². The fraction of sp³-hybridized carbons (Fsp3) is 0.235. The number of ether oxygens (including phenoxy) is 1. The molecule has 0 amide bonds. The highest BCUT2D eigenvalue weighted by atomic mass is 32.2. The average molecular weight is 351 g/mol. The molecular weight excluding hydrogens is 333 g/mol. The van der Waals surface area contributed by atoms with Gasteiger partial charge in [-0.25, -0.2) is 12.8 Å². The van der Waals surface area contributed by atoms with Gasteiger partial charge in [-0.1, -0.05) is 30.3 Å². The summed E-state index contributed by atoms with van der Waals surface area (Å²) in [7, 11) is -2.61. The first-order valence-electron chi connectivity index (χ1n) is 7.27. The standard InChI is InChI=1S/C17H18FNO4S/c1-13(14-6-4-3-5-7-14)23-17(20)12-19(2)24(21,22)16-10-8-15(18)9-11-16/h3-11,13H,12H2,1-2H3/t13-/m1/s1. The molecule has 0 saturated carbocycles. The molecule has 128 valence electrons. The van der Waals surface area contributed by atoms with Crippen LogP contribution in [-0.4, -0.2) is 32.3 Å². The van der Waals surface area contributed by atoms with E-state index in [2.05, 4.69) is 0 Å². The minimum absolute atomic E-state index is 0.0877. The highest BCUT2D eigenvalue weighted by Gasteiger charge is 2.24. The third-order valence-corrected chi connectivity index (χ3v) is 5.27. The smallest absolute Gasteiger partial charge is 0.321 e. The van der Waals surface area contributed by atoms with E-state index < -0.39 is 34.5 Å². The molecule has 1 atom stereocenters. The van der Waals surface area contributed by atoms with Crippen LogP contribution in [0.5, 0.6) is 0 Å². The van der Waals surface area contributed by atoms with Gasteiger partial charge in [-0.05, 0) is 36.8 Å². The number of carbonyl (C=O) groups is 1. The van der Waals surface area contributed by atoms with Gasteiger partial charge in [-0.2, -0.15) is 4.31 Å². The molecule has 0 N–H and O–H groups in total. The molecule has 7 heteroatoms. The van der Waals surface area contributed by atoms with E-state index in [1.165, 1.54) is 7.05 Å². The second-order valence-electron chi connectivity index (χ2n) is 5.26. The summed E-state index contributed by atoms with van der Waals surface area (Å²) in [6, 6.07) is 13.5. The Labute approximate surface area is 140 Å². The summed E-state index contributed by atoms with van der Waals surface area (Å²) < 4.78 is 43.7. The number of sulfonamides is 1. The predicted octanol–water partition coefficient (Wildman–Crippen LogP) is 2.75. The minimum atomic E-state index is -3.89. The molecule has 0 aliphatic rings. The maximum atomic E-state index is 12.9. The molecule has 0 unspecified atom stereocenters. The molecule has 0 fully saturated rings. The molecular formula is C17H18FNO4S. The molecule has 0 radical (unpaired) electrons. The van der Waals surface area contributed by atoms with Crippen LogP contribution in [0.2, 0.25) is 0 Å². The fourth-order valence-corrected chi connectivity index (χ4v) is 3.20. The molecule has 2 aromatic carbocycles. The molecule has 0 saturated heterocycles. The van der Waals surface area contributed by atoms with Gasteiger partial charge in [0.15, 0.2) is 0 Å². The van der Waals surface area contributed by atoms with Crippen molar-refractivity contribution in [2.24, 2.45) is 0 Å². The lowest BCUT2D eigenvalue weighted by atomic mass is 10.1. The number of carbonyl (C=O) groups excluding carboxylic acids is 1. The van der Waals surface area contributed by atoms with Crippen LogP contribution in [0.15, 0.2) is 59.5 Å². The number of esters is 1. The number of hydrogen-bond donors (Lipinski definition) is 0. The van der Waals surface area contributed by atoms with Crippen LogP contribution in [0.4, 0.5) is 4.39 Å². The Bertz CT molecular complexity index is 791. The molecule has 0 spiro atoms. The van der Waals surface area contributed by atoms with Crippen LogP contribution in [0.1, 0.15) is 18.6 Å². The van der Waals surface area contributed by atoms with E-state index in [1.807, 2.05) is 30.3 Å². The Hall–Kier alpha value is -2.25. The van der Waals surface area contributed by atoms with Crippen molar-refractivity contribution in [3.63, 3.8) is 0 Å². The third-order valence-electron chi connectivity index (χ3n) is 3.45.